The minimum Gasteiger partial charge on any atom is -0.388 e. The van der Waals surface area contributed by atoms with Crippen molar-refractivity contribution in [2.45, 2.75) is 78.0 Å². The molecule has 2 heterocycles. The third kappa shape index (κ3) is 5.50. The lowest BCUT2D eigenvalue weighted by atomic mass is 9.81. The van der Waals surface area contributed by atoms with E-state index in [1.54, 1.807) is 25.5 Å². The summed E-state index contributed by atoms with van der Waals surface area (Å²) in [7, 11) is 0. The summed E-state index contributed by atoms with van der Waals surface area (Å²) < 4.78 is 0. The van der Waals surface area contributed by atoms with E-state index >= 15 is 0 Å². The zero-order chi connectivity index (χ0) is 18.4. The summed E-state index contributed by atoms with van der Waals surface area (Å²) in [6, 6.07) is 0.297. The van der Waals surface area contributed by atoms with Gasteiger partial charge in [-0.3, -0.25) is 9.97 Å². The summed E-state index contributed by atoms with van der Waals surface area (Å²) in [6.07, 6.45) is 8.41. The van der Waals surface area contributed by atoms with Crippen molar-refractivity contribution in [3.05, 3.63) is 24.3 Å². The van der Waals surface area contributed by atoms with Crippen LogP contribution in [0.25, 0.3) is 0 Å². The highest BCUT2D eigenvalue weighted by Crippen LogP contribution is 2.26. The van der Waals surface area contributed by atoms with Crippen LogP contribution < -0.4 is 5.32 Å². The molecule has 1 aliphatic heterocycles. The first-order chi connectivity index (χ1) is 11.1. The van der Waals surface area contributed by atoms with E-state index in [9.17, 15) is 10.2 Å². The molecule has 3 N–H and O–H groups in total. The standard InChI is InChI=1S/C10H21NO.C9H14N2O/c1-8(2)10(3,12)9-6-4-5-7-11-9;1-7(2)9(3,12)8-6-10-4-5-11-8/h8-9,11-12H,4-7H2,1-3H3;4-7,12H,1-3H3. The molecule has 2 rings (SSSR count). The Bertz CT molecular complexity index is 467. The van der Waals surface area contributed by atoms with Crippen molar-refractivity contribution in [1.29, 1.82) is 0 Å². The van der Waals surface area contributed by atoms with Crippen molar-refractivity contribution < 1.29 is 10.2 Å². The van der Waals surface area contributed by atoms with Crippen molar-refractivity contribution in [2.75, 3.05) is 6.54 Å². The summed E-state index contributed by atoms with van der Waals surface area (Å²) in [5, 5.41) is 23.5. The summed E-state index contributed by atoms with van der Waals surface area (Å²) in [4.78, 5) is 7.97. The molecule has 0 bridgehead atoms. The number of nitrogens with zero attached hydrogens (tertiary/aromatic N) is 2. The number of aromatic nitrogens is 2. The fourth-order valence-corrected chi connectivity index (χ4v) is 2.61. The van der Waals surface area contributed by atoms with Crippen LogP contribution >= 0.6 is 0 Å². The Balaban J connectivity index is 0.000000240. The maximum Gasteiger partial charge on any atom is 0.108 e. The molecule has 1 aromatic heterocycles. The topological polar surface area (TPSA) is 78.3 Å². The number of nitrogens with one attached hydrogen (secondary N) is 1. The van der Waals surface area contributed by atoms with E-state index in [0.717, 1.165) is 13.0 Å². The lowest BCUT2D eigenvalue weighted by molar-refractivity contribution is -0.0299. The van der Waals surface area contributed by atoms with E-state index in [4.69, 9.17) is 0 Å². The van der Waals surface area contributed by atoms with Crippen molar-refractivity contribution >= 4 is 0 Å². The van der Waals surface area contributed by atoms with Gasteiger partial charge in [0.15, 0.2) is 0 Å². The van der Waals surface area contributed by atoms with Gasteiger partial charge in [-0.2, -0.15) is 0 Å². The van der Waals surface area contributed by atoms with Gasteiger partial charge >= 0.3 is 0 Å². The molecule has 138 valence electrons. The highest BCUT2D eigenvalue weighted by Gasteiger charge is 2.35. The number of piperidine rings is 1. The Labute approximate surface area is 146 Å². The monoisotopic (exact) mass is 337 g/mol. The molecular formula is C19H35N3O2. The molecule has 0 amide bonds. The van der Waals surface area contributed by atoms with Gasteiger partial charge in [-0.1, -0.05) is 34.1 Å². The largest absolute Gasteiger partial charge is 0.388 e. The number of hydrogen-bond donors (Lipinski definition) is 3. The van der Waals surface area contributed by atoms with E-state index in [1.807, 2.05) is 20.8 Å². The number of hydrogen-bond acceptors (Lipinski definition) is 5. The second kappa shape index (κ2) is 8.88. The molecule has 1 fully saturated rings. The summed E-state index contributed by atoms with van der Waals surface area (Å²) in [5.41, 5.74) is -0.797. The van der Waals surface area contributed by atoms with Crippen LogP contribution in [0.15, 0.2) is 18.6 Å². The van der Waals surface area contributed by atoms with Gasteiger partial charge in [0.1, 0.15) is 5.60 Å². The molecular weight excluding hydrogens is 302 g/mol. The molecule has 0 saturated carbocycles. The lowest BCUT2D eigenvalue weighted by Crippen LogP contribution is -2.53. The smallest absolute Gasteiger partial charge is 0.108 e. The molecule has 5 nitrogen and oxygen atoms in total. The summed E-state index contributed by atoms with van der Waals surface area (Å²) >= 11 is 0. The highest BCUT2D eigenvalue weighted by molar-refractivity contribution is 5.07. The Morgan fingerprint density at radius 1 is 1.08 bits per heavy atom. The van der Waals surface area contributed by atoms with E-state index in [2.05, 4.69) is 29.1 Å². The maximum absolute atomic E-state index is 10.2. The first-order valence-electron chi connectivity index (χ1n) is 9.04. The van der Waals surface area contributed by atoms with E-state index < -0.39 is 11.2 Å². The van der Waals surface area contributed by atoms with Crippen LogP contribution in [0, 0.1) is 11.8 Å². The molecule has 1 aliphatic rings. The van der Waals surface area contributed by atoms with Gasteiger partial charge in [-0.15, -0.1) is 0 Å². The van der Waals surface area contributed by atoms with Crippen LogP contribution in [0.3, 0.4) is 0 Å². The van der Waals surface area contributed by atoms with Gasteiger partial charge < -0.3 is 15.5 Å². The third-order valence-electron chi connectivity index (χ3n) is 5.39. The molecule has 1 aromatic rings. The van der Waals surface area contributed by atoms with Gasteiger partial charge in [0.25, 0.3) is 0 Å². The molecule has 24 heavy (non-hydrogen) atoms. The van der Waals surface area contributed by atoms with Gasteiger partial charge in [0, 0.05) is 18.4 Å². The lowest BCUT2D eigenvalue weighted by Gasteiger charge is -2.39. The molecule has 3 atom stereocenters. The second-order valence-corrected chi connectivity index (χ2v) is 7.78. The molecule has 5 heteroatoms. The highest BCUT2D eigenvalue weighted by atomic mass is 16.3. The van der Waals surface area contributed by atoms with Gasteiger partial charge in [0.2, 0.25) is 0 Å². The van der Waals surface area contributed by atoms with Gasteiger partial charge in [-0.25, -0.2) is 0 Å². The molecule has 0 aliphatic carbocycles. The average molecular weight is 338 g/mol. The molecule has 3 unspecified atom stereocenters. The Morgan fingerprint density at radius 2 is 1.75 bits per heavy atom. The second-order valence-electron chi connectivity index (χ2n) is 7.78. The van der Waals surface area contributed by atoms with Crippen molar-refractivity contribution in [2.24, 2.45) is 11.8 Å². The zero-order valence-corrected chi connectivity index (χ0v) is 16.1. The summed E-state index contributed by atoms with van der Waals surface area (Å²) in [5.74, 6) is 0.460. The summed E-state index contributed by atoms with van der Waals surface area (Å²) in [6.45, 7) is 12.8. The van der Waals surface area contributed by atoms with E-state index in [0.29, 0.717) is 17.7 Å². The first kappa shape index (κ1) is 21.0. The van der Waals surface area contributed by atoms with Crippen LogP contribution in [-0.4, -0.2) is 38.4 Å². The van der Waals surface area contributed by atoms with Crippen LogP contribution in [-0.2, 0) is 5.60 Å². The maximum atomic E-state index is 10.2. The normalized spacial score (nSPS) is 23.2. The fourth-order valence-electron chi connectivity index (χ4n) is 2.61. The molecule has 0 aromatic carbocycles. The Morgan fingerprint density at radius 3 is 2.17 bits per heavy atom. The minimum atomic E-state index is -0.881. The van der Waals surface area contributed by atoms with E-state index in [1.165, 1.54) is 12.8 Å². The van der Waals surface area contributed by atoms with Gasteiger partial charge in [-0.05, 0) is 45.1 Å². The minimum absolute atomic E-state index is 0.134. The third-order valence-corrected chi connectivity index (χ3v) is 5.39. The fraction of sp³-hybridized carbons (Fsp3) is 0.789. The van der Waals surface area contributed by atoms with Crippen LogP contribution in [0.5, 0.6) is 0 Å². The molecule has 0 radical (unpaired) electrons. The van der Waals surface area contributed by atoms with Crippen molar-refractivity contribution in [3.63, 3.8) is 0 Å². The molecule has 1 saturated heterocycles. The van der Waals surface area contributed by atoms with Crippen LogP contribution in [0.2, 0.25) is 0 Å². The quantitative estimate of drug-likeness (QED) is 0.787. The molecule has 0 spiro atoms. The van der Waals surface area contributed by atoms with Crippen molar-refractivity contribution in [3.8, 4) is 0 Å². The van der Waals surface area contributed by atoms with Crippen LogP contribution in [0.4, 0.5) is 0 Å². The predicted molar refractivity (Wildman–Crippen MR) is 97.5 cm³/mol. The Kier molecular flexibility index (Phi) is 7.77. The predicted octanol–water partition coefficient (Wildman–Crippen LogP) is 2.88. The number of rotatable bonds is 4. The van der Waals surface area contributed by atoms with Gasteiger partial charge in [0.05, 0.1) is 17.5 Å². The zero-order valence-electron chi connectivity index (χ0n) is 16.1. The van der Waals surface area contributed by atoms with Crippen LogP contribution in [0.1, 0.15) is 66.5 Å². The number of aliphatic hydroxyl groups is 2. The van der Waals surface area contributed by atoms with Crippen molar-refractivity contribution in [1.82, 2.24) is 15.3 Å². The first-order valence-corrected chi connectivity index (χ1v) is 9.04. The Hall–Kier alpha value is -1.04. The SMILES string of the molecule is CC(C)C(C)(O)C1CCCCN1.CC(C)C(C)(O)c1cnccn1. The van der Waals surface area contributed by atoms with E-state index in [-0.39, 0.29) is 5.92 Å². The average Bonchev–Trinajstić information content (AvgIpc) is 2.56.